The predicted molar refractivity (Wildman–Crippen MR) is 86.4 cm³/mol. The SMILES string of the molecule is Cc1cc(S(=O)(=O)NCCNc2ccc(C#N)cn2)c(C)s1. The molecule has 8 heteroatoms. The van der Waals surface area contributed by atoms with Gasteiger partial charge in [0.25, 0.3) is 0 Å². The van der Waals surface area contributed by atoms with E-state index in [9.17, 15) is 8.42 Å². The van der Waals surface area contributed by atoms with Crippen LogP contribution < -0.4 is 10.0 Å². The number of nitrogens with zero attached hydrogens (tertiary/aromatic N) is 2. The van der Waals surface area contributed by atoms with Crippen LogP contribution in [0, 0.1) is 25.2 Å². The number of anilines is 1. The molecule has 0 aliphatic heterocycles. The van der Waals surface area contributed by atoms with Gasteiger partial charge in [0.05, 0.1) is 10.5 Å². The summed E-state index contributed by atoms with van der Waals surface area (Å²) in [7, 11) is -3.48. The summed E-state index contributed by atoms with van der Waals surface area (Å²) in [6, 6.07) is 6.99. The number of sulfonamides is 1. The minimum Gasteiger partial charge on any atom is -0.369 e. The number of pyridine rings is 1. The first-order valence-corrected chi connectivity index (χ1v) is 8.89. The highest BCUT2D eigenvalue weighted by molar-refractivity contribution is 7.89. The maximum Gasteiger partial charge on any atom is 0.241 e. The molecular formula is C14H16N4O2S2. The normalized spacial score (nSPS) is 11.1. The first-order chi connectivity index (χ1) is 10.4. The molecule has 6 nitrogen and oxygen atoms in total. The molecule has 2 aromatic heterocycles. The van der Waals surface area contributed by atoms with Crippen LogP contribution in [0.3, 0.4) is 0 Å². The third kappa shape index (κ3) is 4.04. The van der Waals surface area contributed by atoms with E-state index in [1.807, 2.05) is 13.0 Å². The Morgan fingerprint density at radius 2 is 2.09 bits per heavy atom. The summed E-state index contributed by atoms with van der Waals surface area (Å²) in [5.41, 5.74) is 0.481. The summed E-state index contributed by atoms with van der Waals surface area (Å²) >= 11 is 1.46. The van der Waals surface area contributed by atoms with E-state index in [2.05, 4.69) is 15.0 Å². The Hall–Kier alpha value is -1.95. The van der Waals surface area contributed by atoms with Gasteiger partial charge in [-0.15, -0.1) is 11.3 Å². The van der Waals surface area contributed by atoms with E-state index in [-0.39, 0.29) is 6.54 Å². The van der Waals surface area contributed by atoms with Crippen molar-refractivity contribution in [3.05, 3.63) is 39.7 Å². The zero-order valence-electron chi connectivity index (χ0n) is 12.3. The number of rotatable bonds is 6. The number of aromatic nitrogens is 1. The molecule has 2 N–H and O–H groups in total. The summed E-state index contributed by atoms with van der Waals surface area (Å²) in [6.45, 7) is 4.33. The maximum absolute atomic E-state index is 12.2. The van der Waals surface area contributed by atoms with Gasteiger partial charge < -0.3 is 5.32 Å². The third-order valence-electron chi connectivity index (χ3n) is 2.90. The molecule has 22 heavy (non-hydrogen) atoms. The average molecular weight is 336 g/mol. The Labute approximate surface area is 133 Å². The van der Waals surface area contributed by atoms with Gasteiger partial charge in [0.15, 0.2) is 0 Å². The first-order valence-electron chi connectivity index (χ1n) is 6.59. The molecule has 0 amide bonds. The molecule has 0 aliphatic carbocycles. The van der Waals surface area contributed by atoms with Crippen molar-refractivity contribution in [2.45, 2.75) is 18.7 Å². The number of hydrogen-bond donors (Lipinski definition) is 2. The van der Waals surface area contributed by atoms with E-state index in [0.29, 0.717) is 22.8 Å². The second-order valence-corrected chi connectivity index (χ2v) is 7.84. The molecule has 0 bridgehead atoms. The van der Waals surface area contributed by atoms with Crippen molar-refractivity contribution in [3.8, 4) is 6.07 Å². The van der Waals surface area contributed by atoms with Crippen molar-refractivity contribution in [2.24, 2.45) is 0 Å². The Bertz CT molecular complexity index is 789. The monoisotopic (exact) mass is 336 g/mol. The topological polar surface area (TPSA) is 94.9 Å². The summed E-state index contributed by atoms with van der Waals surface area (Å²) in [5, 5.41) is 11.7. The van der Waals surface area contributed by atoms with Crippen LogP contribution in [0.25, 0.3) is 0 Å². The average Bonchev–Trinajstić information content (AvgIpc) is 2.84. The summed E-state index contributed by atoms with van der Waals surface area (Å²) in [4.78, 5) is 6.14. The fourth-order valence-electron chi connectivity index (χ4n) is 1.89. The summed E-state index contributed by atoms with van der Waals surface area (Å²) in [6.07, 6.45) is 1.46. The second kappa shape index (κ2) is 6.87. The van der Waals surface area contributed by atoms with Crippen molar-refractivity contribution < 1.29 is 8.42 Å². The molecule has 0 unspecified atom stereocenters. The molecule has 0 aliphatic rings. The Morgan fingerprint density at radius 1 is 1.32 bits per heavy atom. The van der Waals surface area contributed by atoms with E-state index in [1.54, 1.807) is 25.1 Å². The highest BCUT2D eigenvalue weighted by Crippen LogP contribution is 2.24. The molecule has 0 fully saturated rings. The molecule has 0 aromatic carbocycles. The molecule has 0 atom stereocenters. The van der Waals surface area contributed by atoms with Crippen molar-refractivity contribution in [2.75, 3.05) is 18.4 Å². The minimum atomic E-state index is -3.48. The fourth-order valence-corrected chi connectivity index (χ4v) is 4.48. The van der Waals surface area contributed by atoms with Crippen molar-refractivity contribution in [3.63, 3.8) is 0 Å². The van der Waals surface area contributed by atoms with Crippen LogP contribution in [0.1, 0.15) is 15.3 Å². The van der Waals surface area contributed by atoms with Gasteiger partial charge >= 0.3 is 0 Å². The Balaban J connectivity index is 1.88. The van der Waals surface area contributed by atoms with Crippen LogP contribution in [0.5, 0.6) is 0 Å². The molecule has 2 rings (SSSR count). The van der Waals surface area contributed by atoms with Crippen LogP contribution in [-0.2, 0) is 10.0 Å². The minimum absolute atomic E-state index is 0.248. The van der Waals surface area contributed by atoms with E-state index >= 15 is 0 Å². The third-order valence-corrected chi connectivity index (χ3v) is 5.58. The highest BCUT2D eigenvalue weighted by atomic mass is 32.2. The molecule has 0 saturated carbocycles. The van der Waals surface area contributed by atoms with Crippen LogP contribution in [0.15, 0.2) is 29.3 Å². The number of thiophene rings is 1. The first kappa shape index (κ1) is 16.4. The van der Waals surface area contributed by atoms with E-state index in [1.165, 1.54) is 17.5 Å². The van der Waals surface area contributed by atoms with E-state index < -0.39 is 10.0 Å². The van der Waals surface area contributed by atoms with Gasteiger partial charge in [0, 0.05) is 29.0 Å². The highest BCUT2D eigenvalue weighted by Gasteiger charge is 2.18. The van der Waals surface area contributed by atoms with Gasteiger partial charge in [-0.05, 0) is 32.0 Å². The molecular weight excluding hydrogens is 320 g/mol. The van der Waals surface area contributed by atoms with E-state index in [4.69, 9.17) is 5.26 Å². The molecule has 2 aromatic rings. The quantitative estimate of drug-likeness (QED) is 0.787. The molecule has 2 heterocycles. The maximum atomic E-state index is 12.2. The number of nitriles is 1. The van der Waals surface area contributed by atoms with Gasteiger partial charge in [-0.1, -0.05) is 0 Å². The van der Waals surface area contributed by atoms with Gasteiger partial charge in [-0.25, -0.2) is 18.1 Å². The predicted octanol–water partition coefficient (Wildman–Crippen LogP) is 2.02. The number of nitrogens with one attached hydrogen (secondary N) is 2. The standard InChI is InChI=1S/C14H16N4O2S2/c1-10-7-13(11(2)21-10)22(19,20)18-6-5-16-14-4-3-12(8-15)9-17-14/h3-4,7,9,18H,5-6H2,1-2H3,(H,16,17). The molecule has 0 spiro atoms. The Kier molecular flexibility index (Phi) is 5.13. The van der Waals surface area contributed by atoms with Crippen LogP contribution >= 0.6 is 11.3 Å². The van der Waals surface area contributed by atoms with E-state index in [0.717, 1.165) is 9.75 Å². The number of aryl methyl sites for hydroxylation is 2. The van der Waals surface area contributed by atoms with Crippen LogP contribution in [0.2, 0.25) is 0 Å². The van der Waals surface area contributed by atoms with Crippen molar-refractivity contribution in [1.82, 2.24) is 9.71 Å². The molecule has 0 radical (unpaired) electrons. The second-order valence-electron chi connectivity index (χ2n) is 4.65. The van der Waals surface area contributed by atoms with Crippen LogP contribution in [0.4, 0.5) is 5.82 Å². The largest absolute Gasteiger partial charge is 0.369 e. The Morgan fingerprint density at radius 3 is 2.64 bits per heavy atom. The van der Waals surface area contributed by atoms with Crippen molar-refractivity contribution in [1.29, 1.82) is 5.26 Å². The molecule has 0 saturated heterocycles. The lowest BCUT2D eigenvalue weighted by Gasteiger charge is -2.08. The van der Waals surface area contributed by atoms with Crippen molar-refractivity contribution >= 4 is 27.2 Å². The summed E-state index contributed by atoms with van der Waals surface area (Å²) in [5.74, 6) is 0.598. The zero-order chi connectivity index (χ0) is 16.2. The van der Waals surface area contributed by atoms with Gasteiger partial charge in [-0.2, -0.15) is 5.26 Å². The fraction of sp³-hybridized carbons (Fsp3) is 0.286. The zero-order valence-corrected chi connectivity index (χ0v) is 13.9. The summed E-state index contributed by atoms with van der Waals surface area (Å²) < 4.78 is 26.9. The lowest BCUT2D eigenvalue weighted by atomic mass is 10.3. The smallest absolute Gasteiger partial charge is 0.241 e. The number of hydrogen-bond acceptors (Lipinski definition) is 6. The van der Waals surface area contributed by atoms with Gasteiger partial charge in [0.2, 0.25) is 10.0 Å². The molecule has 116 valence electrons. The lowest BCUT2D eigenvalue weighted by molar-refractivity contribution is 0.582. The lowest BCUT2D eigenvalue weighted by Crippen LogP contribution is -2.29. The van der Waals surface area contributed by atoms with Gasteiger partial charge in [-0.3, -0.25) is 0 Å². The van der Waals surface area contributed by atoms with Gasteiger partial charge in [0.1, 0.15) is 11.9 Å². The van der Waals surface area contributed by atoms with Crippen LogP contribution in [-0.4, -0.2) is 26.5 Å².